The minimum absolute atomic E-state index is 0.306. The molecule has 0 radical (unpaired) electrons. The predicted molar refractivity (Wildman–Crippen MR) is 69.7 cm³/mol. The summed E-state index contributed by atoms with van der Waals surface area (Å²) in [5.41, 5.74) is -0.107. The lowest BCUT2D eigenvalue weighted by atomic mass is 10.2. The number of ether oxygens (including phenoxy) is 1. The van der Waals surface area contributed by atoms with Crippen LogP contribution in [0.2, 0.25) is 0 Å². The summed E-state index contributed by atoms with van der Waals surface area (Å²) in [6.45, 7) is 1.81. The Hall–Kier alpha value is -2.83. The van der Waals surface area contributed by atoms with E-state index < -0.39 is 23.0 Å². The first-order valence-corrected chi connectivity index (χ1v) is 5.65. The largest absolute Gasteiger partial charge is 0.505 e. The normalized spacial score (nSPS) is 10.3. The molecule has 0 spiro atoms. The van der Waals surface area contributed by atoms with Crippen LogP contribution in [0.25, 0.3) is 5.69 Å². The molecule has 1 heterocycles. The van der Waals surface area contributed by atoms with Crippen LogP contribution in [0.3, 0.4) is 0 Å². The average molecular weight is 276 g/mol. The summed E-state index contributed by atoms with van der Waals surface area (Å²) in [7, 11) is 1.43. The monoisotopic (exact) mass is 276 g/mol. The molecule has 2 rings (SSSR count). The average Bonchev–Trinajstić information content (AvgIpc) is 2.38. The van der Waals surface area contributed by atoms with Crippen molar-refractivity contribution in [3.8, 4) is 17.2 Å². The van der Waals surface area contributed by atoms with Crippen molar-refractivity contribution < 1.29 is 19.7 Å². The number of nitrogens with zero attached hydrogens (tertiary/aromatic N) is 2. The van der Waals surface area contributed by atoms with Gasteiger partial charge in [0.1, 0.15) is 11.4 Å². The topological polar surface area (TPSA) is 102 Å². The maximum atomic E-state index is 11.9. The number of benzene rings is 1. The van der Waals surface area contributed by atoms with Crippen molar-refractivity contribution in [2.24, 2.45) is 0 Å². The van der Waals surface area contributed by atoms with Crippen LogP contribution in [0.5, 0.6) is 11.5 Å². The quantitative estimate of drug-likeness (QED) is 0.865. The van der Waals surface area contributed by atoms with Crippen LogP contribution in [0.15, 0.2) is 29.1 Å². The van der Waals surface area contributed by atoms with E-state index in [1.807, 2.05) is 6.92 Å². The van der Waals surface area contributed by atoms with Gasteiger partial charge in [-0.25, -0.2) is 4.79 Å². The predicted octanol–water partition coefficient (Wildman–Crippen LogP) is 0.953. The standard InChI is InChI=1S/C13H12N2O5/c1-7-3-4-10(20-2)8(5-7)15-11(17)6-9(16)12(14-15)13(18)19/h3-6,16H,1-2H3,(H,18,19). The van der Waals surface area contributed by atoms with Gasteiger partial charge in [-0.05, 0) is 24.6 Å². The number of aromatic nitrogens is 2. The van der Waals surface area contributed by atoms with Crippen LogP contribution in [0, 0.1) is 6.92 Å². The second-order valence-electron chi connectivity index (χ2n) is 4.11. The lowest BCUT2D eigenvalue weighted by Gasteiger charge is -2.11. The highest BCUT2D eigenvalue weighted by atomic mass is 16.5. The zero-order valence-corrected chi connectivity index (χ0v) is 10.8. The Morgan fingerprint density at radius 3 is 2.65 bits per heavy atom. The molecule has 7 nitrogen and oxygen atoms in total. The van der Waals surface area contributed by atoms with Crippen molar-refractivity contribution in [1.29, 1.82) is 0 Å². The number of methoxy groups -OCH3 is 1. The van der Waals surface area contributed by atoms with Gasteiger partial charge in [0.2, 0.25) is 5.69 Å². The van der Waals surface area contributed by atoms with Crippen molar-refractivity contribution in [2.45, 2.75) is 6.92 Å². The second kappa shape index (κ2) is 5.04. The zero-order valence-electron chi connectivity index (χ0n) is 10.8. The molecule has 1 aromatic heterocycles. The molecule has 0 unspecified atom stereocenters. The molecule has 0 fully saturated rings. The van der Waals surface area contributed by atoms with Crippen molar-refractivity contribution in [2.75, 3.05) is 7.11 Å². The highest BCUT2D eigenvalue weighted by Crippen LogP contribution is 2.23. The fourth-order valence-electron chi connectivity index (χ4n) is 1.74. The summed E-state index contributed by atoms with van der Waals surface area (Å²) in [5, 5.41) is 22.0. The molecule has 0 aliphatic rings. The molecule has 0 atom stereocenters. The summed E-state index contributed by atoms with van der Waals surface area (Å²) in [5.74, 6) is -1.74. The van der Waals surface area contributed by atoms with Crippen LogP contribution < -0.4 is 10.3 Å². The second-order valence-corrected chi connectivity index (χ2v) is 4.11. The van der Waals surface area contributed by atoms with E-state index >= 15 is 0 Å². The minimum Gasteiger partial charge on any atom is -0.505 e. The van der Waals surface area contributed by atoms with Gasteiger partial charge in [-0.3, -0.25) is 4.79 Å². The highest BCUT2D eigenvalue weighted by molar-refractivity contribution is 5.88. The van der Waals surface area contributed by atoms with Gasteiger partial charge in [-0.15, -0.1) is 0 Å². The third kappa shape index (κ3) is 2.33. The van der Waals surface area contributed by atoms with Gasteiger partial charge >= 0.3 is 5.97 Å². The first-order chi connectivity index (χ1) is 9.43. The number of aryl methyl sites for hydroxylation is 1. The van der Waals surface area contributed by atoms with E-state index in [0.29, 0.717) is 11.4 Å². The molecule has 2 N–H and O–H groups in total. The molecule has 0 aliphatic carbocycles. The Morgan fingerprint density at radius 2 is 2.05 bits per heavy atom. The summed E-state index contributed by atoms with van der Waals surface area (Å²) in [6, 6.07) is 5.87. The van der Waals surface area contributed by atoms with E-state index in [4.69, 9.17) is 9.84 Å². The summed E-state index contributed by atoms with van der Waals surface area (Å²) >= 11 is 0. The van der Waals surface area contributed by atoms with Gasteiger partial charge < -0.3 is 14.9 Å². The number of rotatable bonds is 3. The van der Waals surface area contributed by atoms with E-state index in [-0.39, 0.29) is 0 Å². The Labute approximate surface area is 113 Å². The van der Waals surface area contributed by atoms with Gasteiger partial charge in [0.15, 0.2) is 5.75 Å². The number of aromatic hydroxyl groups is 1. The van der Waals surface area contributed by atoms with E-state index in [2.05, 4.69) is 5.10 Å². The summed E-state index contributed by atoms with van der Waals surface area (Å²) < 4.78 is 6.01. The number of hydrogen-bond donors (Lipinski definition) is 2. The van der Waals surface area contributed by atoms with Gasteiger partial charge in [-0.1, -0.05) is 6.07 Å². The molecule has 7 heteroatoms. The number of carboxylic acid groups (broad SMARTS) is 1. The fraction of sp³-hybridized carbons (Fsp3) is 0.154. The maximum absolute atomic E-state index is 11.9. The van der Waals surface area contributed by atoms with Crippen molar-refractivity contribution in [3.05, 3.63) is 45.9 Å². The molecule has 20 heavy (non-hydrogen) atoms. The molecule has 104 valence electrons. The van der Waals surface area contributed by atoms with Gasteiger partial charge in [-0.2, -0.15) is 9.78 Å². The minimum atomic E-state index is -1.43. The van der Waals surface area contributed by atoms with E-state index in [9.17, 15) is 14.7 Å². The van der Waals surface area contributed by atoms with Gasteiger partial charge in [0.05, 0.1) is 7.11 Å². The van der Waals surface area contributed by atoms with Crippen LogP contribution in [0.1, 0.15) is 16.1 Å². The fourth-order valence-corrected chi connectivity index (χ4v) is 1.74. The third-order valence-corrected chi connectivity index (χ3v) is 2.68. The van der Waals surface area contributed by atoms with Crippen LogP contribution in [-0.2, 0) is 0 Å². The summed E-state index contributed by atoms with van der Waals surface area (Å²) in [6.07, 6.45) is 0. The maximum Gasteiger partial charge on any atom is 0.360 e. The Bertz CT molecular complexity index is 736. The van der Waals surface area contributed by atoms with E-state index in [1.54, 1.807) is 18.2 Å². The van der Waals surface area contributed by atoms with E-state index in [0.717, 1.165) is 16.3 Å². The number of carbonyl (C=O) groups is 1. The van der Waals surface area contributed by atoms with Crippen LogP contribution >= 0.6 is 0 Å². The molecule has 2 aromatic rings. The molecule has 0 saturated carbocycles. The number of hydrogen-bond acceptors (Lipinski definition) is 5. The Kier molecular flexibility index (Phi) is 3.43. The molecule has 0 aliphatic heterocycles. The Balaban J connectivity index is 2.76. The highest BCUT2D eigenvalue weighted by Gasteiger charge is 2.17. The third-order valence-electron chi connectivity index (χ3n) is 2.68. The smallest absolute Gasteiger partial charge is 0.360 e. The molecular formula is C13H12N2O5. The molecular weight excluding hydrogens is 264 g/mol. The van der Waals surface area contributed by atoms with E-state index in [1.165, 1.54) is 7.11 Å². The molecule has 0 bridgehead atoms. The number of aromatic carboxylic acids is 1. The van der Waals surface area contributed by atoms with Gasteiger partial charge in [0.25, 0.3) is 5.56 Å². The van der Waals surface area contributed by atoms with Gasteiger partial charge in [0, 0.05) is 6.07 Å². The summed E-state index contributed by atoms with van der Waals surface area (Å²) in [4.78, 5) is 22.9. The van der Waals surface area contributed by atoms with Crippen LogP contribution in [-0.4, -0.2) is 33.1 Å². The lowest BCUT2D eigenvalue weighted by Crippen LogP contribution is -2.23. The molecule has 0 amide bonds. The zero-order chi connectivity index (χ0) is 14.9. The number of carboxylic acids is 1. The first-order valence-electron chi connectivity index (χ1n) is 5.65. The SMILES string of the molecule is COc1ccc(C)cc1-n1nc(C(=O)O)c(O)cc1=O. The van der Waals surface area contributed by atoms with Crippen molar-refractivity contribution >= 4 is 5.97 Å². The van der Waals surface area contributed by atoms with Crippen molar-refractivity contribution in [1.82, 2.24) is 9.78 Å². The first kappa shape index (κ1) is 13.6. The molecule has 1 aromatic carbocycles. The lowest BCUT2D eigenvalue weighted by molar-refractivity contribution is 0.0684. The van der Waals surface area contributed by atoms with Crippen LogP contribution in [0.4, 0.5) is 0 Å². The van der Waals surface area contributed by atoms with Crippen molar-refractivity contribution in [3.63, 3.8) is 0 Å². The molecule has 0 saturated heterocycles. The Morgan fingerprint density at radius 1 is 1.35 bits per heavy atom.